The highest BCUT2D eigenvalue weighted by Crippen LogP contribution is 2.30. The number of fused-ring (bicyclic) bond motifs is 1. The van der Waals surface area contributed by atoms with Crippen LogP contribution in [0.4, 0.5) is 14.5 Å². The van der Waals surface area contributed by atoms with Gasteiger partial charge in [0.2, 0.25) is 0 Å². The number of ketones is 1. The molecule has 1 aliphatic rings. The highest BCUT2D eigenvalue weighted by Gasteiger charge is 2.34. The number of rotatable bonds is 6. The van der Waals surface area contributed by atoms with Gasteiger partial charge in [-0.25, -0.2) is 8.78 Å². The maximum Gasteiger partial charge on any atom is 0.292 e. The van der Waals surface area contributed by atoms with Gasteiger partial charge in [0.15, 0.2) is 11.6 Å². The van der Waals surface area contributed by atoms with Crippen LogP contribution >= 0.6 is 0 Å². The van der Waals surface area contributed by atoms with Crippen LogP contribution in [0.1, 0.15) is 52.4 Å². The molecule has 2 aromatic rings. The summed E-state index contributed by atoms with van der Waals surface area (Å²) in [5.74, 6) is -4.37. The Bertz CT molecular complexity index is 1040. The molecule has 160 valence electrons. The number of carbonyl (C=O) groups excluding carboxylic acids is 3. The van der Waals surface area contributed by atoms with E-state index in [0.717, 1.165) is 12.1 Å². The Hall–Kier alpha value is -3.07. The predicted octanol–water partition coefficient (Wildman–Crippen LogP) is 2.34. The maximum atomic E-state index is 13.5. The number of nitrogens with zero attached hydrogens (tertiary/aromatic N) is 1. The van der Waals surface area contributed by atoms with E-state index in [-0.39, 0.29) is 23.6 Å². The summed E-state index contributed by atoms with van der Waals surface area (Å²) in [6.45, 7) is 4.88. The van der Waals surface area contributed by atoms with Gasteiger partial charge in [-0.1, -0.05) is 0 Å². The summed E-state index contributed by atoms with van der Waals surface area (Å²) in [4.78, 5) is 38.2. The standard InChI is InChI=1S/C21H23F2N3O4/c1-11-16(18(28)20(30)25-21(2,3)10-27)15-5-4-8-26(15)17(11)19(29)24-12-6-7-13(22)14(23)9-12/h6-7,9,27H,4-5,8,10H2,1-3H3,(H,24,29)(H,25,30). The molecular formula is C21H23F2N3O4. The molecular weight excluding hydrogens is 396 g/mol. The lowest BCUT2D eigenvalue weighted by atomic mass is 10.0. The molecule has 30 heavy (non-hydrogen) atoms. The predicted molar refractivity (Wildman–Crippen MR) is 105 cm³/mol. The van der Waals surface area contributed by atoms with Crippen LogP contribution in [0, 0.1) is 18.6 Å². The molecule has 7 nitrogen and oxygen atoms in total. The van der Waals surface area contributed by atoms with Crippen LogP contribution in [0.3, 0.4) is 0 Å². The van der Waals surface area contributed by atoms with Gasteiger partial charge < -0.3 is 20.3 Å². The van der Waals surface area contributed by atoms with Crippen molar-refractivity contribution in [3.05, 3.63) is 52.3 Å². The third-order valence-corrected chi connectivity index (χ3v) is 5.08. The zero-order chi connectivity index (χ0) is 22.2. The number of aliphatic hydroxyl groups excluding tert-OH is 1. The second kappa shape index (κ2) is 7.98. The summed E-state index contributed by atoms with van der Waals surface area (Å²) in [7, 11) is 0. The molecule has 1 aliphatic heterocycles. The van der Waals surface area contributed by atoms with Crippen molar-refractivity contribution in [2.24, 2.45) is 0 Å². The third-order valence-electron chi connectivity index (χ3n) is 5.08. The first-order valence-electron chi connectivity index (χ1n) is 9.52. The van der Waals surface area contributed by atoms with Crippen molar-refractivity contribution in [2.45, 2.75) is 45.7 Å². The molecule has 0 fully saturated rings. The monoisotopic (exact) mass is 419 g/mol. The number of hydrogen-bond acceptors (Lipinski definition) is 4. The van der Waals surface area contributed by atoms with Crippen molar-refractivity contribution in [2.75, 3.05) is 11.9 Å². The minimum Gasteiger partial charge on any atom is -0.394 e. The Morgan fingerprint density at radius 1 is 1.20 bits per heavy atom. The Balaban J connectivity index is 1.94. The van der Waals surface area contributed by atoms with E-state index < -0.39 is 34.8 Å². The number of amides is 2. The number of anilines is 1. The molecule has 2 heterocycles. The quantitative estimate of drug-likeness (QED) is 0.494. The zero-order valence-corrected chi connectivity index (χ0v) is 16.9. The molecule has 3 rings (SSSR count). The molecule has 0 radical (unpaired) electrons. The van der Waals surface area contributed by atoms with Crippen molar-refractivity contribution in [1.82, 2.24) is 9.88 Å². The minimum atomic E-state index is -1.09. The van der Waals surface area contributed by atoms with E-state index in [1.54, 1.807) is 25.3 Å². The van der Waals surface area contributed by atoms with Crippen molar-refractivity contribution in [3.8, 4) is 0 Å². The summed E-state index contributed by atoms with van der Waals surface area (Å²) < 4.78 is 28.3. The van der Waals surface area contributed by atoms with Gasteiger partial charge in [0.1, 0.15) is 5.69 Å². The fraction of sp³-hybridized carbons (Fsp3) is 0.381. The van der Waals surface area contributed by atoms with E-state index in [4.69, 9.17) is 0 Å². The lowest BCUT2D eigenvalue weighted by molar-refractivity contribution is -0.119. The lowest BCUT2D eigenvalue weighted by Crippen LogP contribution is -2.49. The molecule has 2 amide bonds. The van der Waals surface area contributed by atoms with Crippen molar-refractivity contribution in [3.63, 3.8) is 0 Å². The Morgan fingerprint density at radius 3 is 2.53 bits per heavy atom. The van der Waals surface area contributed by atoms with Gasteiger partial charge in [-0.05, 0) is 51.3 Å². The molecule has 0 saturated heterocycles. The second-order valence-corrected chi connectivity index (χ2v) is 7.96. The number of nitrogens with one attached hydrogen (secondary N) is 2. The minimum absolute atomic E-state index is 0.0714. The molecule has 3 N–H and O–H groups in total. The van der Waals surface area contributed by atoms with E-state index in [0.29, 0.717) is 30.6 Å². The van der Waals surface area contributed by atoms with Gasteiger partial charge in [-0.3, -0.25) is 14.4 Å². The normalized spacial score (nSPS) is 13.1. The van der Waals surface area contributed by atoms with Crippen LogP contribution in [0.2, 0.25) is 0 Å². The van der Waals surface area contributed by atoms with E-state index >= 15 is 0 Å². The van der Waals surface area contributed by atoms with Gasteiger partial charge in [-0.15, -0.1) is 0 Å². The molecule has 1 aromatic heterocycles. The summed E-state index contributed by atoms with van der Waals surface area (Å²) in [6.07, 6.45) is 1.22. The maximum absolute atomic E-state index is 13.5. The number of aliphatic hydroxyl groups is 1. The second-order valence-electron chi connectivity index (χ2n) is 7.96. The topological polar surface area (TPSA) is 100 Å². The fourth-order valence-corrected chi connectivity index (χ4v) is 3.59. The number of hydrogen-bond donors (Lipinski definition) is 3. The number of benzene rings is 1. The molecule has 0 bridgehead atoms. The fourth-order valence-electron chi connectivity index (χ4n) is 3.59. The molecule has 1 aromatic carbocycles. The first kappa shape index (κ1) is 21.6. The van der Waals surface area contributed by atoms with E-state index in [2.05, 4.69) is 10.6 Å². The average molecular weight is 419 g/mol. The van der Waals surface area contributed by atoms with E-state index in [1.165, 1.54) is 6.07 Å². The molecule has 0 spiro atoms. The van der Waals surface area contributed by atoms with Crippen LogP contribution < -0.4 is 10.6 Å². The number of halogens is 2. The van der Waals surface area contributed by atoms with Gasteiger partial charge in [0.25, 0.3) is 17.6 Å². The smallest absolute Gasteiger partial charge is 0.292 e. The summed E-state index contributed by atoms with van der Waals surface area (Å²) in [5, 5.41) is 14.3. The van der Waals surface area contributed by atoms with Gasteiger partial charge >= 0.3 is 0 Å². The Labute approximate surface area is 172 Å². The van der Waals surface area contributed by atoms with Crippen molar-refractivity contribution < 1.29 is 28.3 Å². The molecule has 0 atom stereocenters. The molecule has 0 aliphatic carbocycles. The number of Topliss-reactive ketones (excluding diaryl/α,β-unsaturated/α-hetero) is 1. The van der Waals surface area contributed by atoms with Crippen molar-refractivity contribution >= 4 is 23.3 Å². The highest BCUT2D eigenvalue weighted by atomic mass is 19.2. The van der Waals surface area contributed by atoms with Gasteiger partial charge in [-0.2, -0.15) is 0 Å². The first-order chi connectivity index (χ1) is 14.1. The van der Waals surface area contributed by atoms with Crippen LogP contribution in [0.15, 0.2) is 18.2 Å². The van der Waals surface area contributed by atoms with E-state index in [1.807, 2.05) is 0 Å². The van der Waals surface area contributed by atoms with Crippen LogP contribution in [-0.4, -0.2) is 39.4 Å². The largest absolute Gasteiger partial charge is 0.394 e. The zero-order valence-electron chi connectivity index (χ0n) is 16.9. The van der Waals surface area contributed by atoms with Crippen LogP contribution in [-0.2, 0) is 17.8 Å². The summed E-state index contributed by atoms with van der Waals surface area (Å²) in [5.41, 5.74) is 0.383. The SMILES string of the molecule is Cc1c(C(=O)C(=O)NC(C)(C)CO)c2n(c1C(=O)Nc1ccc(F)c(F)c1)CCC2. The highest BCUT2D eigenvalue weighted by molar-refractivity contribution is 6.43. The lowest BCUT2D eigenvalue weighted by Gasteiger charge is -2.22. The Kier molecular flexibility index (Phi) is 5.76. The summed E-state index contributed by atoms with van der Waals surface area (Å²) >= 11 is 0. The number of carbonyl (C=O) groups is 3. The third kappa shape index (κ3) is 3.97. The van der Waals surface area contributed by atoms with Gasteiger partial charge in [0, 0.05) is 24.0 Å². The molecule has 0 saturated carbocycles. The number of aromatic nitrogens is 1. The summed E-state index contributed by atoms with van der Waals surface area (Å²) in [6, 6.07) is 3.01. The van der Waals surface area contributed by atoms with Crippen molar-refractivity contribution in [1.29, 1.82) is 0 Å². The van der Waals surface area contributed by atoms with Gasteiger partial charge in [0.05, 0.1) is 17.7 Å². The average Bonchev–Trinajstić information content (AvgIpc) is 3.23. The van der Waals surface area contributed by atoms with Crippen LogP contribution in [0.25, 0.3) is 0 Å². The van der Waals surface area contributed by atoms with E-state index in [9.17, 15) is 28.3 Å². The molecule has 9 heteroatoms. The van der Waals surface area contributed by atoms with Crippen LogP contribution in [0.5, 0.6) is 0 Å². The Morgan fingerprint density at radius 2 is 1.90 bits per heavy atom. The first-order valence-corrected chi connectivity index (χ1v) is 9.52. The molecule has 0 unspecified atom stereocenters.